The van der Waals surface area contributed by atoms with Crippen molar-refractivity contribution in [2.24, 2.45) is 0 Å². The summed E-state index contributed by atoms with van der Waals surface area (Å²) in [4.78, 5) is 0. The van der Waals surface area contributed by atoms with Crippen molar-refractivity contribution >= 4 is 67.3 Å². The quantitative estimate of drug-likeness (QED) is 0.275. The normalized spacial score (nSPS) is 15.0. The highest BCUT2D eigenvalue weighted by Gasteiger charge is 2.31. The van der Waals surface area contributed by atoms with Crippen LogP contribution in [0.5, 0.6) is 0 Å². The van der Waals surface area contributed by atoms with E-state index in [1.165, 1.54) is 68.8 Å². The highest BCUT2D eigenvalue weighted by molar-refractivity contribution is 9.26. The summed E-state index contributed by atoms with van der Waals surface area (Å²) >= 11 is 8.21. The molecular formula is C38H58Br2P2. The summed E-state index contributed by atoms with van der Waals surface area (Å²) in [5.41, 5.74) is 8.89. The van der Waals surface area contributed by atoms with E-state index in [0.717, 1.165) is 0 Å². The van der Waals surface area contributed by atoms with Gasteiger partial charge in [0, 0.05) is 10.6 Å². The van der Waals surface area contributed by atoms with Crippen LogP contribution < -0.4 is 10.6 Å². The molecule has 0 unspecified atom stereocenters. The zero-order valence-corrected chi connectivity index (χ0v) is 34.9. The average molecular weight is 737 g/mol. The van der Waals surface area contributed by atoms with Crippen molar-refractivity contribution in [1.82, 2.24) is 0 Å². The van der Waals surface area contributed by atoms with E-state index in [9.17, 15) is 0 Å². The highest BCUT2D eigenvalue weighted by atomic mass is 79.9. The van der Waals surface area contributed by atoms with E-state index in [-0.39, 0.29) is 32.5 Å². The molecule has 0 fully saturated rings. The predicted molar refractivity (Wildman–Crippen MR) is 206 cm³/mol. The Labute approximate surface area is 280 Å². The third kappa shape index (κ3) is 9.38. The lowest BCUT2D eigenvalue weighted by Gasteiger charge is -2.33. The summed E-state index contributed by atoms with van der Waals surface area (Å²) in [5, 5.41) is 2.86. The largest absolute Gasteiger partial charge is 0.0641 e. The van der Waals surface area contributed by atoms with E-state index < -0.39 is 0 Å². The molecule has 42 heavy (non-hydrogen) atoms. The minimum Gasteiger partial charge on any atom is -0.0561 e. The van der Waals surface area contributed by atoms with Crippen molar-refractivity contribution in [2.75, 3.05) is 0 Å². The van der Waals surface area contributed by atoms with E-state index in [1.54, 1.807) is 0 Å². The van der Waals surface area contributed by atoms with Crippen LogP contribution in [0.1, 0.15) is 158 Å². The molecule has 0 N–H and O–H groups in total. The zero-order valence-electron chi connectivity index (χ0n) is 30.0. The third-order valence-electron chi connectivity index (χ3n) is 7.77. The molecule has 0 aromatic heterocycles. The maximum Gasteiger partial charge on any atom is 0.0641 e. The van der Waals surface area contributed by atoms with Crippen LogP contribution in [-0.2, 0) is 32.5 Å². The van der Waals surface area contributed by atoms with Crippen molar-refractivity contribution in [3.8, 4) is 0 Å². The molecule has 0 spiro atoms. The van der Waals surface area contributed by atoms with Crippen LogP contribution in [0.2, 0.25) is 0 Å². The molecule has 0 saturated carbocycles. The van der Waals surface area contributed by atoms with Gasteiger partial charge in [-0.25, -0.2) is 0 Å². The molecule has 2 aromatic rings. The lowest BCUT2D eigenvalue weighted by molar-refractivity contribution is 0.553. The van der Waals surface area contributed by atoms with Crippen LogP contribution in [0.15, 0.2) is 24.3 Å². The Hall–Kier alpha value is -0.260. The maximum atomic E-state index is 4.11. The van der Waals surface area contributed by atoms with Crippen LogP contribution in [0, 0.1) is 0 Å². The second-order valence-corrected chi connectivity index (χ2v) is 23.2. The van der Waals surface area contributed by atoms with Gasteiger partial charge in [0.25, 0.3) is 0 Å². The number of hydrogen-bond acceptors (Lipinski definition) is 0. The molecule has 4 heteroatoms. The van der Waals surface area contributed by atoms with Crippen LogP contribution in [0.4, 0.5) is 0 Å². The first-order chi connectivity index (χ1) is 18.5. The SMILES string of the molecule is CC(C)(C)c1cc(C(C)(C)C)c(P=C(Br)C(Br)=Pc2c(C(C)(C)C)cc(C(C)(C)C)cc2C(C)(C)C)c(C(C)(C)C)c1. The minimum absolute atomic E-state index is 0.0304. The fourth-order valence-corrected chi connectivity index (χ4v) is 9.51. The standard InChI is InChI=1S/C38H58Br2P2/c1-33(2,3)23-19-25(35(7,8)9)29(26(20-23)36(10,11)12)41-31(39)32(40)42-30-27(37(13,14)15)21-24(34(4,5)6)22-28(30)38(16,17)18/h19-22H,1-18H3. The molecule has 0 aliphatic rings. The van der Waals surface area contributed by atoms with Crippen LogP contribution in [0.25, 0.3) is 0 Å². The van der Waals surface area contributed by atoms with Crippen molar-refractivity contribution in [2.45, 2.75) is 157 Å². The molecule has 0 aliphatic carbocycles. The van der Waals surface area contributed by atoms with Gasteiger partial charge in [0.15, 0.2) is 0 Å². The van der Waals surface area contributed by atoms with Gasteiger partial charge in [0.2, 0.25) is 0 Å². The smallest absolute Gasteiger partial charge is 0.0561 e. The molecule has 0 amide bonds. The van der Waals surface area contributed by atoms with Crippen molar-refractivity contribution in [1.29, 1.82) is 0 Å². The Morgan fingerprint density at radius 2 is 0.571 bits per heavy atom. The summed E-state index contributed by atoms with van der Waals surface area (Å²) in [6.07, 6.45) is 0. The van der Waals surface area contributed by atoms with E-state index in [0.29, 0.717) is 0 Å². The molecule has 0 radical (unpaired) electrons. The summed E-state index contributed by atoms with van der Waals surface area (Å²) in [6, 6.07) is 9.91. The second kappa shape index (κ2) is 12.5. The number of hydrogen-bond donors (Lipinski definition) is 0. The van der Waals surface area contributed by atoms with Gasteiger partial charge in [-0.2, -0.15) is 0 Å². The Kier molecular flexibility index (Phi) is 11.3. The molecule has 0 aliphatic heterocycles. The van der Waals surface area contributed by atoms with Gasteiger partial charge in [0.05, 0.1) is 8.41 Å². The molecule has 0 saturated heterocycles. The van der Waals surface area contributed by atoms with Crippen LogP contribution >= 0.6 is 48.3 Å². The van der Waals surface area contributed by atoms with Crippen molar-refractivity contribution < 1.29 is 0 Å². The molecule has 234 valence electrons. The molecule has 0 atom stereocenters. The summed E-state index contributed by atoms with van der Waals surface area (Å²) in [6.45, 7) is 42.2. The Balaban J connectivity index is 3.00. The van der Waals surface area contributed by atoms with Gasteiger partial charge < -0.3 is 0 Å². The van der Waals surface area contributed by atoms with Gasteiger partial charge in [-0.3, -0.25) is 0 Å². The summed E-state index contributed by atoms with van der Waals surface area (Å²) < 4.78 is 2.39. The van der Waals surface area contributed by atoms with E-state index >= 15 is 0 Å². The summed E-state index contributed by atoms with van der Waals surface area (Å²) in [5.74, 6) is 0. The zero-order chi connectivity index (χ0) is 33.0. The monoisotopic (exact) mass is 734 g/mol. The van der Waals surface area contributed by atoms with E-state index in [2.05, 4.69) is 181 Å². The second-order valence-electron chi connectivity index (χ2n) is 18.1. The van der Waals surface area contributed by atoms with E-state index in [1.807, 2.05) is 0 Å². The number of benzene rings is 2. The van der Waals surface area contributed by atoms with Crippen molar-refractivity contribution in [3.63, 3.8) is 0 Å². The van der Waals surface area contributed by atoms with Gasteiger partial charge in [0.1, 0.15) is 0 Å². The molecule has 0 bridgehead atoms. The Morgan fingerprint density at radius 1 is 0.381 bits per heavy atom. The van der Waals surface area contributed by atoms with Gasteiger partial charge in [-0.05, 0) is 97.7 Å². The highest BCUT2D eigenvalue weighted by Crippen LogP contribution is 2.38. The first-order valence-electron chi connectivity index (χ1n) is 15.3. The molecular weight excluding hydrogens is 678 g/mol. The van der Waals surface area contributed by atoms with Gasteiger partial charge in [-0.1, -0.05) is 165 Å². The van der Waals surface area contributed by atoms with Crippen LogP contribution in [-0.4, -0.2) is 8.41 Å². The van der Waals surface area contributed by atoms with Gasteiger partial charge >= 0.3 is 0 Å². The number of rotatable bonds is 3. The lowest BCUT2D eigenvalue weighted by atomic mass is 9.75. The Bertz CT molecular complexity index is 1190. The fraction of sp³-hybridized carbons (Fsp3) is 0.632. The first kappa shape index (κ1) is 37.9. The van der Waals surface area contributed by atoms with Crippen molar-refractivity contribution in [3.05, 3.63) is 57.6 Å². The minimum atomic E-state index is 0.0304. The predicted octanol–water partition coefficient (Wildman–Crippen LogP) is 12.4. The van der Waals surface area contributed by atoms with E-state index in [4.69, 9.17) is 0 Å². The lowest BCUT2D eigenvalue weighted by Crippen LogP contribution is -2.30. The van der Waals surface area contributed by atoms with Gasteiger partial charge in [-0.15, -0.1) is 0 Å². The summed E-state index contributed by atoms with van der Waals surface area (Å²) in [7, 11) is 2.41. The average Bonchev–Trinajstić information content (AvgIpc) is 2.74. The van der Waals surface area contributed by atoms with Crippen LogP contribution in [0.3, 0.4) is 0 Å². The maximum absolute atomic E-state index is 4.11. The Morgan fingerprint density at radius 3 is 0.714 bits per heavy atom. The third-order valence-corrected chi connectivity index (χ3v) is 13.2. The first-order valence-corrected chi connectivity index (χ1v) is 18.7. The number of halogens is 2. The molecule has 0 nitrogen and oxygen atoms in total. The molecule has 2 rings (SSSR count). The molecule has 2 aromatic carbocycles. The topological polar surface area (TPSA) is 0 Å². The fourth-order valence-electron chi connectivity index (χ4n) is 4.95. The molecule has 0 heterocycles.